The van der Waals surface area contributed by atoms with Crippen LogP contribution >= 0.6 is 11.3 Å². The second kappa shape index (κ2) is 8.01. The summed E-state index contributed by atoms with van der Waals surface area (Å²) in [5.41, 5.74) is 0.502. The highest BCUT2D eigenvalue weighted by molar-refractivity contribution is 7.13. The molecule has 1 aromatic carbocycles. The maximum atomic E-state index is 13.7. The van der Waals surface area contributed by atoms with Gasteiger partial charge in [0, 0.05) is 6.42 Å². The first-order chi connectivity index (χ1) is 11.4. The second-order valence-corrected chi connectivity index (χ2v) is 7.00. The third kappa shape index (κ3) is 4.86. The van der Waals surface area contributed by atoms with Crippen LogP contribution in [0, 0.1) is 11.7 Å². The predicted molar refractivity (Wildman–Crippen MR) is 89.7 cm³/mol. The SMILES string of the molecule is CC(C)C[C@H](NC(=O)c1cnc(Cc2ccccc2F)s1)C(=O)O. The third-order valence-electron chi connectivity index (χ3n) is 3.39. The number of benzene rings is 1. The highest BCUT2D eigenvalue weighted by atomic mass is 32.1. The van der Waals surface area contributed by atoms with Gasteiger partial charge in [0.2, 0.25) is 0 Å². The van der Waals surface area contributed by atoms with Crippen molar-refractivity contribution in [1.82, 2.24) is 10.3 Å². The molecule has 7 heteroatoms. The summed E-state index contributed by atoms with van der Waals surface area (Å²) in [4.78, 5) is 27.9. The van der Waals surface area contributed by atoms with Crippen molar-refractivity contribution in [3.63, 3.8) is 0 Å². The van der Waals surface area contributed by atoms with Crippen LogP contribution in [-0.2, 0) is 11.2 Å². The second-order valence-electron chi connectivity index (χ2n) is 5.88. The van der Waals surface area contributed by atoms with Crippen molar-refractivity contribution < 1.29 is 19.1 Å². The van der Waals surface area contributed by atoms with Gasteiger partial charge in [-0.2, -0.15) is 0 Å². The molecule has 0 spiro atoms. The predicted octanol–water partition coefficient (Wildman–Crippen LogP) is 3.10. The van der Waals surface area contributed by atoms with Gasteiger partial charge in [0.1, 0.15) is 16.7 Å². The molecule has 1 atom stereocenters. The summed E-state index contributed by atoms with van der Waals surface area (Å²) >= 11 is 1.13. The van der Waals surface area contributed by atoms with Crippen LogP contribution in [0.1, 0.15) is 40.5 Å². The normalized spacial score (nSPS) is 12.2. The molecule has 0 fully saturated rings. The molecule has 128 valence electrons. The van der Waals surface area contributed by atoms with E-state index in [9.17, 15) is 19.1 Å². The molecule has 5 nitrogen and oxygen atoms in total. The van der Waals surface area contributed by atoms with Gasteiger partial charge in [-0.3, -0.25) is 4.79 Å². The van der Waals surface area contributed by atoms with Gasteiger partial charge in [-0.05, 0) is 24.0 Å². The van der Waals surface area contributed by atoms with E-state index in [-0.39, 0.29) is 11.7 Å². The first kappa shape index (κ1) is 18.1. The van der Waals surface area contributed by atoms with Gasteiger partial charge >= 0.3 is 5.97 Å². The van der Waals surface area contributed by atoms with E-state index in [1.807, 2.05) is 13.8 Å². The maximum absolute atomic E-state index is 13.7. The quantitative estimate of drug-likeness (QED) is 0.804. The summed E-state index contributed by atoms with van der Waals surface area (Å²) in [6, 6.07) is 5.46. The largest absolute Gasteiger partial charge is 0.480 e. The summed E-state index contributed by atoms with van der Waals surface area (Å²) in [5, 5.41) is 12.3. The smallest absolute Gasteiger partial charge is 0.326 e. The van der Waals surface area contributed by atoms with Crippen LogP contribution < -0.4 is 5.32 Å². The third-order valence-corrected chi connectivity index (χ3v) is 4.38. The number of carboxylic acid groups (broad SMARTS) is 1. The van der Waals surface area contributed by atoms with Crippen molar-refractivity contribution in [1.29, 1.82) is 0 Å². The van der Waals surface area contributed by atoms with Crippen LogP contribution in [0.2, 0.25) is 0 Å². The number of carbonyl (C=O) groups excluding carboxylic acids is 1. The molecule has 0 aliphatic heterocycles. The summed E-state index contributed by atoms with van der Waals surface area (Å²) in [6.07, 6.45) is 2.03. The summed E-state index contributed by atoms with van der Waals surface area (Å²) in [6.45, 7) is 3.78. The Bertz CT molecular complexity index is 730. The molecular weight excluding hydrogens is 331 g/mol. The molecule has 1 heterocycles. The van der Waals surface area contributed by atoms with Crippen LogP contribution in [0.15, 0.2) is 30.5 Å². The lowest BCUT2D eigenvalue weighted by Gasteiger charge is -2.15. The number of aliphatic carboxylic acids is 1. The Balaban J connectivity index is 2.05. The monoisotopic (exact) mass is 350 g/mol. The van der Waals surface area contributed by atoms with Crippen molar-refractivity contribution >= 4 is 23.2 Å². The topological polar surface area (TPSA) is 79.3 Å². The molecule has 2 N–H and O–H groups in total. The molecule has 0 aliphatic carbocycles. The fourth-order valence-corrected chi connectivity index (χ4v) is 3.07. The Morgan fingerprint density at radius 1 is 1.33 bits per heavy atom. The molecule has 0 bridgehead atoms. The molecule has 0 aliphatic rings. The van der Waals surface area contributed by atoms with E-state index in [0.29, 0.717) is 28.3 Å². The van der Waals surface area contributed by atoms with Crippen molar-refractivity contribution in [2.75, 3.05) is 0 Å². The molecule has 2 rings (SSSR count). The number of nitrogens with one attached hydrogen (secondary N) is 1. The van der Waals surface area contributed by atoms with Gasteiger partial charge in [-0.15, -0.1) is 11.3 Å². The van der Waals surface area contributed by atoms with Crippen molar-refractivity contribution in [3.05, 3.63) is 51.7 Å². The zero-order chi connectivity index (χ0) is 17.7. The van der Waals surface area contributed by atoms with Crippen molar-refractivity contribution in [2.45, 2.75) is 32.7 Å². The first-order valence-corrected chi connectivity index (χ1v) is 8.40. The van der Waals surface area contributed by atoms with Crippen LogP contribution in [0.25, 0.3) is 0 Å². The van der Waals surface area contributed by atoms with Crippen molar-refractivity contribution in [2.24, 2.45) is 5.92 Å². The highest BCUT2D eigenvalue weighted by Crippen LogP contribution is 2.19. The molecule has 1 amide bonds. The summed E-state index contributed by atoms with van der Waals surface area (Å²) in [5.74, 6) is -1.71. The lowest BCUT2D eigenvalue weighted by Crippen LogP contribution is -2.41. The minimum absolute atomic E-state index is 0.143. The number of halogens is 1. The first-order valence-electron chi connectivity index (χ1n) is 7.58. The molecule has 0 radical (unpaired) electrons. The Hall–Kier alpha value is -2.28. The van der Waals surface area contributed by atoms with Crippen LogP contribution in [0.4, 0.5) is 4.39 Å². The average molecular weight is 350 g/mol. The number of aromatic nitrogens is 1. The van der Waals surface area contributed by atoms with E-state index in [1.54, 1.807) is 18.2 Å². The fraction of sp³-hybridized carbons (Fsp3) is 0.353. The Kier molecular flexibility index (Phi) is 6.03. The maximum Gasteiger partial charge on any atom is 0.326 e. The molecule has 0 unspecified atom stereocenters. The number of hydrogen-bond donors (Lipinski definition) is 2. The number of nitrogens with zero attached hydrogens (tertiary/aromatic N) is 1. The van der Waals surface area contributed by atoms with E-state index in [1.165, 1.54) is 12.3 Å². The number of rotatable bonds is 7. The molecule has 1 aromatic heterocycles. The fourth-order valence-electron chi connectivity index (χ4n) is 2.22. The van der Waals surface area contributed by atoms with Gasteiger partial charge in [0.15, 0.2) is 0 Å². The number of thiazole rings is 1. The number of carbonyl (C=O) groups is 2. The standard InChI is InChI=1S/C17H19FN2O3S/c1-10(2)7-13(17(22)23)20-16(21)14-9-19-15(24-14)8-11-5-3-4-6-12(11)18/h3-6,9-10,13H,7-8H2,1-2H3,(H,20,21)(H,22,23)/t13-/m0/s1. The van der Waals surface area contributed by atoms with E-state index in [2.05, 4.69) is 10.3 Å². The van der Waals surface area contributed by atoms with Gasteiger partial charge in [0.25, 0.3) is 5.91 Å². The van der Waals surface area contributed by atoms with Crippen LogP contribution in [-0.4, -0.2) is 28.0 Å². The average Bonchev–Trinajstić information content (AvgIpc) is 2.97. The van der Waals surface area contributed by atoms with E-state index in [4.69, 9.17) is 0 Å². The highest BCUT2D eigenvalue weighted by Gasteiger charge is 2.22. The van der Waals surface area contributed by atoms with E-state index >= 15 is 0 Å². The molecule has 0 saturated heterocycles. The van der Waals surface area contributed by atoms with Gasteiger partial charge in [0.05, 0.1) is 11.2 Å². The van der Waals surface area contributed by atoms with Crippen molar-refractivity contribution in [3.8, 4) is 0 Å². The van der Waals surface area contributed by atoms with Crippen LogP contribution in [0.3, 0.4) is 0 Å². The minimum Gasteiger partial charge on any atom is -0.480 e. The zero-order valence-electron chi connectivity index (χ0n) is 13.5. The molecular formula is C17H19FN2O3S. The van der Waals surface area contributed by atoms with Gasteiger partial charge in [-0.1, -0.05) is 32.0 Å². The Morgan fingerprint density at radius 3 is 2.67 bits per heavy atom. The Labute approximate surface area is 143 Å². The Morgan fingerprint density at radius 2 is 2.04 bits per heavy atom. The lowest BCUT2D eigenvalue weighted by molar-refractivity contribution is -0.139. The summed E-state index contributed by atoms with van der Waals surface area (Å²) < 4.78 is 13.7. The van der Waals surface area contributed by atoms with Gasteiger partial charge < -0.3 is 10.4 Å². The number of carboxylic acids is 1. The lowest BCUT2D eigenvalue weighted by atomic mass is 10.0. The van der Waals surface area contributed by atoms with E-state index < -0.39 is 17.9 Å². The minimum atomic E-state index is -1.06. The van der Waals surface area contributed by atoms with Gasteiger partial charge in [-0.25, -0.2) is 14.2 Å². The number of hydrogen-bond acceptors (Lipinski definition) is 4. The number of amides is 1. The molecule has 0 saturated carbocycles. The molecule has 2 aromatic rings. The van der Waals surface area contributed by atoms with Crippen LogP contribution in [0.5, 0.6) is 0 Å². The molecule has 24 heavy (non-hydrogen) atoms. The van der Waals surface area contributed by atoms with E-state index in [0.717, 1.165) is 11.3 Å². The zero-order valence-corrected chi connectivity index (χ0v) is 14.3. The summed E-state index contributed by atoms with van der Waals surface area (Å²) in [7, 11) is 0.